The summed E-state index contributed by atoms with van der Waals surface area (Å²) in [6.07, 6.45) is 0. The lowest BCUT2D eigenvalue weighted by atomic mass is 9.59. The average Bonchev–Trinajstić information content (AvgIpc) is 2.47. The van der Waals surface area contributed by atoms with Crippen molar-refractivity contribution in [3.05, 3.63) is 0 Å². The Balaban J connectivity index is 2.71. The molecule has 2 aliphatic rings. The van der Waals surface area contributed by atoms with Gasteiger partial charge in [0.25, 0.3) is 0 Å². The molecule has 1 saturated heterocycles. The summed E-state index contributed by atoms with van der Waals surface area (Å²) in [6, 6.07) is 0. The van der Waals surface area contributed by atoms with Crippen LogP contribution in [-0.4, -0.2) is 11.2 Å². The Kier molecular flexibility index (Phi) is 2.05. The summed E-state index contributed by atoms with van der Waals surface area (Å²) in [5.74, 6) is 0. The number of hydrogen-bond donors (Lipinski definition) is 0. The lowest BCUT2D eigenvalue weighted by molar-refractivity contribution is -0.495. The molecule has 3 heteroatoms. The van der Waals surface area contributed by atoms with Crippen molar-refractivity contribution in [1.82, 2.24) is 0 Å². The van der Waals surface area contributed by atoms with Gasteiger partial charge in [0.1, 0.15) is 11.2 Å². The standard InChI is InChI=1S/C13H24O3/c1-9(2)10(3,4)12(7)13(8,11(9,5)6)15-16-14-12/h1-8H3. The van der Waals surface area contributed by atoms with E-state index in [2.05, 4.69) is 55.4 Å². The van der Waals surface area contributed by atoms with Gasteiger partial charge in [-0.15, -0.1) is 0 Å². The molecule has 0 aromatic rings. The fourth-order valence-corrected chi connectivity index (χ4v) is 3.69. The maximum Gasteiger partial charge on any atom is 0.142 e. The molecule has 0 bridgehead atoms. The first-order valence-corrected chi connectivity index (χ1v) is 5.99. The molecule has 94 valence electrons. The normalized spacial score (nSPS) is 48.0. The predicted molar refractivity (Wildman–Crippen MR) is 61.4 cm³/mol. The van der Waals surface area contributed by atoms with E-state index in [1.165, 1.54) is 0 Å². The number of fused-ring (bicyclic) bond motifs is 1. The van der Waals surface area contributed by atoms with E-state index < -0.39 is 11.2 Å². The van der Waals surface area contributed by atoms with E-state index in [-0.39, 0.29) is 16.2 Å². The van der Waals surface area contributed by atoms with Gasteiger partial charge in [-0.3, -0.25) is 0 Å². The van der Waals surface area contributed by atoms with Gasteiger partial charge >= 0.3 is 0 Å². The molecular weight excluding hydrogens is 204 g/mol. The van der Waals surface area contributed by atoms with Crippen LogP contribution in [0.25, 0.3) is 0 Å². The van der Waals surface area contributed by atoms with Crippen LogP contribution in [0.15, 0.2) is 0 Å². The van der Waals surface area contributed by atoms with Gasteiger partial charge in [0.15, 0.2) is 0 Å². The zero-order valence-corrected chi connectivity index (χ0v) is 11.7. The van der Waals surface area contributed by atoms with Crippen LogP contribution in [0.1, 0.15) is 55.4 Å². The third-order valence-corrected chi connectivity index (χ3v) is 6.82. The largest absolute Gasteiger partial charge is 0.196 e. The van der Waals surface area contributed by atoms with E-state index in [1.54, 1.807) is 0 Å². The second-order valence-corrected chi connectivity index (χ2v) is 7.18. The Morgan fingerprint density at radius 1 is 0.500 bits per heavy atom. The van der Waals surface area contributed by atoms with E-state index in [4.69, 9.17) is 14.8 Å². The monoisotopic (exact) mass is 228 g/mol. The first-order chi connectivity index (χ1) is 6.96. The van der Waals surface area contributed by atoms with Gasteiger partial charge in [0.05, 0.1) is 0 Å². The predicted octanol–water partition coefficient (Wildman–Crippen LogP) is 3.49. The van der Waals surface area contributed by atoms with Crippen LogP contribution in [0.5, 0.6) is 0 Å². The maximum atomic E-state index is 5.53. The van der Waals surface area contributed by atoms with E-state index in [1.807, 2.05) is 0 Å². The molecule has 0 spiro atoms. The molecule has 0 aromatic carbocycles. The Bertz CT molecular complexity index is 302. The van der Waals surface area contributed by atoms with Crippen LogP contribution >= 0.6 is 0 Å². The molecule has 0 N–H and O–H groups in total. The Labute approximate surface area is 98.3 Å². The number of hydrogen-bond acceptors (Lipinski definition) is 3. The van der Waals surface area contributed by atoms with Gasteiger partial charge in [0, 0.05) is 10.8 Å². The van der Waals surface area contributed by atoms with Crippen molar-refractivity contribution >= 4 is 0 Å². The fraction of sp³-hybridized carbons (Fsp3) is 1.00. The van der Waals surface area contributed by atoms with E-state index in [9.17, 15) is 0 Å². The molecule has 3 nitrogen and oxygen atoms in total. The molecule has 2 fully saturated rings. The highest BCUT2D eigenvalue weighted by Gasteiger charge is 2.81. The molecule has 1 heterocycles. The summed E-state index contributed by atoms with van der Waals surface area (Å²) in [7, 11) is 0. The molecule has 1 saturated carbocycles. The van der Waals surface area contributed by atoms with Crippen molar-refractivity contribution in [1.29, 1.82) is 0 Å². The highest BCUT2D eigenvalue weighted by Crippen LogP contribution is 2.74. The molecule has 16 heavy (non-hydrogen) atoms. The Hall–Kier alpha value is -0.120. The van der Waals surface area contributed by atoms with E-state index >= 15 is 0 Å². The molecule has 2 unspecified atom stereocenters. The molecule has 2 rings (SSSR count). The van der Waals surface area contributed by atoms with Gasteiger partial charge in [-0.25, -0.2) is 0 Å². The number of rotatable bonds is 0. The zero-order valence-electron chi connectivity index (χ0n) is 11.7. The van der Waals surface area contributed by atoms with Crippen molar-refractivity contribution in [2.45, 2.75) is 66.6 Å². The minimum absolute atomic E-state index is 0.0469. The van der Waals surface area contributed by atoms with Crippen molar-refractivity contribution < 1.29 is 14.8 Å². The first-order valence-electron chi connectivity index (χ1n) is 5.99. The third kappa shape index (κ3) is 0.823. The Morgan fingerprint density at radius 3 is 1.12 bits per heavy atom. The minimum Gasteiger partial charge on any atom is -0.196 e. The minimum atomic E-state index is -0.437. The van der Waals surface area contributed by atoms with Gasteiger partial charge < -0.3 is 0 Å². The Morgan fingerprint density at radius 2 is 0.812 bits per heavy atom. The summed E-state index contributed by atoms with van der Waals surface area (Å²) >= 11 is 0. The average molecular weight is 228 g/mol. The first kappa shape index (κ1) is 12.3. The second kappa shape index (κ2) is 2.65. The molecule has 2 atom stereocenters. The van der Waals surface area contributed by atoms with Crippen LogP contribution in [0.3, 0.4) is 0 Å². The lowest BCUT2D eigenvalue weighted by Crippen LogP contribution is -2.54. The van der Waals surface area contributed by atoms with Crippen LogP contribution in [-0.2, 0) is 14.8 Å². The van der Waals surface area contributed by atoms with Gasteiger partial charge in [-0.1, -0.05) is 46.6 Å². The molecule has 1 aliphatic heterocycles. The summed E-state index contributed by atoms with van der Waals surface area (Å²) in [5.41, 5.74) is -0.892. The van der Waals surface area contributed by atoms with Gasteiger partial charge in [-0.05, 0) is 19.3 Å². The van der Waals surface area contributed by atoms with Crippen LogP contribution in [0, 0.1) is 16.2 Å². The van der Waals surface area contributed by atoms with Crippen molar-refractivity contribution in [2.24, 2.45) is 16.2 Å². The van der Waals surface area contributed by atoms with E-state index in [0.717, 1.165) is 0 Å². The molecule has 0 radical (unpaired) electrons. The van der Waals surface area contributed by atoms with Crippen molar-refractivity contribution in [2.75, 3.05) is 0 Å². The van der Waals surface area contributed by atoms with Crippen LogP contribution in [0.2, 0.25) is 0 Å². The highest BCUT2D eigenvalue weighted by atomic mass is 17.5. The summed E-state index contributed by atoms with van der Waals surface area (Å²) in [4.78, 5) is 11.1. The van der Waals surface area contributed by atoms with Crippen molar-refractivity contribution in [3.63, 3.8) is 0 Å². The van der Waals surface area contributed by atoms with Crippen molar-refractivity contribution in [3.8, 4) is 0 Å². The van der Waals surface area contributed by atoms with Crippen LogP contribution < -0.4 is 0 Å². The molecule has 0 amide bonds. The smallest absolute Gasteiger partial charge is 0.142 e. The molecular formula is C13H24O3. The lowest BCUT2D eigenvalue weighted by Gasteiger charge is -2.46. The van der Waals surface area contributed by atoms with Gasteiger partial charge in [0.2, 0.25) is 0 Å². The maximum absolute atomic E-state index is 5.53. The quantitative estimate of drug-likeness (QED) is 0.594. The summed E-state index contributed by atoms with van der Waals surface area (Å²) in [6.45, 7) is 17.7. The zero-order chi connectivity index (χ0) is 12.6. The fourth-order valence-electron chi connectivity index (χ4n) is 3.69. The topological polar surface area (TPSA) is 27.7 Å². The summed E-state index contributed by atoms with van der Waals surface area (Å²) < 4.78 is 0. The van der Waals surface area contributed by atoms with Gasteiger partial charge in [-0.2, -0.15) is 9.78 Å². The second-order valence-electron chi connectivity index (χ2n) is 7.18. The SMILES string of the molecule is CC1(C)C(C)(C)C2(C)OOOC2(C)C1(C)C. The third-order valence-electron chi connectivity index (χ3n) is 6.82. The highest BCUT2D eigenvalue weighted by molar-refractivity contribution is 5.26. The van der Waals surface area contributed by atoms with Crippen LogP contribution in [0.4, 0.5) is 0 Å². The molecule has 1 aliphatic carbocycles. The van der Waals surface area contributed by atoms with E-state index in [0.29, 0.717) is 0 Å². The molecule has 0 aromatic heterocycles. The summed E-state index contributed by atoms with van der Waals surface area (Å²) in [5, 5.41) is 4.88.